The molecule has 0 aliphatic carbocycles. The molecule has 1 unspecified atom stereocenters. The van der Waals surface area contributed by atoms with Gasteiger partial charge in [-0.25, -0.2) is 9.59 Å². The monoisotopic (exact) mass is 689 g/mol. The number of hydrogen-bond donors (Lipinski definition) is 3. The molecule has 3 aromatic rings. The highest BCUT2D eigenvalue weighted by molar-refractivity contribution is 8.00. The van der Waals surface area contributed by atoms with Crippen LogP contribution in [0.4, 0.5) is 4.79 Å². The second-order valence-corrected chi connectivity index (χ2v) is 13.5. The predicted molar refractivity (Wildman–Crippen MR) is 183 cm³/mol. The van der Waals surface area contributed by atoms with E-state index < -0.39 is 53.0 Å². The molecule has 250 valence electrons. The Morgan fingerprint density at radius 2 is 1.58 bits per heavy atom. The fourth-order valence-corrected chi connectivity index (χ4v) is 6.73. The number of hydrogen-bond acceptors (Lipinski definition) is 8. The van der Waals surface area contributed by atoms with E-state index in [1.807, 2.05) is 60.7 Å². The third-order valence-electron chi connectivity index (χ3n) is 7.48. The zero-order valence-electron chi connectivity index (χ0n) is 26.6. The average molecular weight is 690 g/mol. The minimum absolute atomic E-state index is 0.0226. The molecule has 2 heterocycles. The van der Waals surface area contributed by atoms with E-state index in [1.54, 1.807) is 32.9 Å². The molecule has 0 spiro atoms. The first-order chi connectivity index (χ1) is 23.0. The van der Waals surface area contributed by atoms with Gasteiger partial charge in [0.1, 0.15) is 34.5 Å². The van der Waals surface area contributed by atoms with Gasteiger partial charge in [0.15, 0.2) is 6.10 Å². The molecular formula is C36H36ClN3O7S. The van der Waals surface area contributed by atoms with E-state index >= 15 is 0 Å². The van der Waals surface area contributed by atoms with E-state index in [4.69, 9.17) is 21.1 Å². The number of halogens is 1. The number of β-lactam (4-membered cyclic amide) rings is 1. The molecule has 0 aromatic heterocycles. The van der Waals surface area contributed by atoms with Crippen LogP contribution in [0.5, 0.6) is 5.75 Å². The molecule has 3 N–H and O–H groups in total. The lowest BCUT2D eigenvalue weighted by molar-refractivity contribution is -0.154. The number of nitrogens with one attached hydrogen (secondary N) is 2. The van der Waals surface area contributed by atoms with E-state index in [0.29, 0.717) is 16.9 Å². The number of aromatic hydroxyl groups is 1. The number of esters is 1. The number of phenolic OH excluding ortho intramolecular Hbond substituents is 1. The Hall–Kier alpha value is -4.74. The molecule has 0 saturated carbocycles. The number of allylic oxidation sites excluding steroid dienone is 2. The number of rotatable bonds is 10. The van der Waals surface area contributed by atoms with Gasteiger partial charge >= 0.3 is 12.1 Å². The van der Waals surface area contributed by atoms with Crippen molar-refractivity contribution in [3.05, 3.63) is 125 Å². The molecule has 0 radical (unpaired) electrons. The van der Waals surface area contributed by atoms with Gasteiger partial charge in [0.05, 0.1) is 0 Å². The van der Waals surface area contributed by atoms with Crippen molar-refractivity contribution in [2.45, 2.75) is 49.9 Å². The Morgan fingerprint density at radius 3 is 2.15 bits per heavy atom. The zero-order chi connectivity index (χ0) is 34.4. The first-order valence-electron chi connectivity index (χ1n) is 15.3. The second kappa shape index (κ2) is 15.0. The van der Waals surface area contributed by atoms with Gasteiger partial charge in [0.25, 0.3) is 5.91 Å². The summed E-state index contributed by atoms with van der Waals surface area (Å²) in [6, 6.07) is 22.1. The molecular weight excluding hydrogens is 654 g/mol. The van der Waals surface area contributed by atoms with E-state index in [0.717, 1.165) is 11.1 Å². The van der Waals surface area contributed by atoms with Gasteiger partial charge in [-0.05, 0) is 55.2 Å². The highest BCUT2D eigenvalue weighted by Gasteiger charge is 2.55. The van der Waals surface area contributed by atoms with Crippen molar-refractivity contribution >= 4 is 47.2 Å². The van der Waals surface area contributed by atoms with E-state index in [1.165, 1.54) is 40.9 Å². The van der Waals surface area contributed by atoms with Crippen molar-refractivity contribution in [1.82, 2.24) is 15.5 Å². The third kappa shape index (κ3) is 8.03. The molecule has 12 heteroatoms. The Bertz CT molecular complexity index is 1670. The van der Waals surface area contributed by atoms with Crippen molar-refractivity contribution < 1.29 is 33.8 Å². The summed E-state index contributed by atoms with van der Waals surface area (Å²) in [6.07, 6.45) is 1.82. The van der Waals surface area contributed by atoms with Gasteiger partial charge in [-0.2, -0.15) is 0 Å². The van der Waals surface area contributed by atoms with Crippen molar-refractivity contribution in [3.63, 3.8) is 0 Å². The topological polar surface area (TPSA) is 134 Å². The van der Waals surface area contributed by atoms with Crippen molar-refractivity contribution in [1.29, 1.82) is 0 Å². The van der Waals surface area contributed by atoms with Gasteiger partial charge in [-0.15, -0.1) is 23.4 Å². The minimum Gasteiger partial charge on any atom is -0.508 e. The summed E-state index contributed by atoms with van der Waals surface area (Å²) in [4.78, 5) is 55.5. The number of carbonyl (C=O) groups excluding carboxylic acids is 4. The number of alkyl halides is 1. The molecule has 5 rings (SSSR count). The molecule has 3 aromatic carbocycles. The van der Waals surface area contributed by atoms with Crippen LogP contribution in [0.2, 0.25) is 0 Å². The minimum atomic E-state index is -1.24. The van der Waals surface area contributed by atoms with Gasteiger partial charge in [0, 0.05) is 11.6 Å². The maximum atomic E-state index is 14.0. The van der Waals surface area contributed by atoms with Crippen molar-refractivity contribution in [3.8, 4) is 5.75 Å². The molecule has 1 saturated heterocycles. The Kier molecular flexibility index (Phi) is 10.8. The molecule has 3 amide bonds. The fraction of sp³-hybridized carbons (Fsp3) is 0.278. The summed E-state index contributed by atoms with van der Waals surface area (Å²) < 4.78 is 11.5. The van der Waals surface area contributed by atoms with E-state index in [-0.39, 0.29) is 17.3 Å². The molecule has 10 nitrogen and oxygen atoms in total. The Labute approximate surface area is 288 Å². The number of nitrogens with zero attached hydrogens (tertiary/aromatic N) is 1. The van der Waals surface area contributed by atoms with Gasteiger partial charge < -0.3 is 25.2 Å². The number of carbonyl (C=O) groups is 4. The SMILES string of the molecule is CC(C)(C)OC(=O)NC(C(=O)N[C@@H]1C(=O)N2C(C(=O)OC(c3ccccc3)c3ccccc3)=C(/C=C\CCl)CS[C@@H]12)c1ccc(O)cc1. The van der Waals surface area contributed by atoms with Gasteiger partial charge in [0.2, 0.25) is 5.91 Å². The number of amides is 3. The summed E-state index contributed by atoms with van der Waals surface area (Å²) >= 11 is 7.30. The molecule has 1 fully saturated rings. The standard InChI is InChI=1S/C36H36ClN3O7S/c1-36(2,3)47-35(45)39-27(22-16-18-26(41)19-17-22)31(42)38-28-32(43)40-29(25(15-10-20-37)21-48-33(28)40)34(44)46-30(23-11-6-4-7-12-23)24-13-8-5-9-14-24/h4-19,27-28,30,33,41H,20-21H2,1-3H3,(H,38,42)(H,39,45)/b15-10-/t27?,28-,33+/m1/s1. The summed E-state index contributed by atoms with van der Waals surface area (Å²) in [5.41, 5.74) is 1.70. The highest BCUT2D eigenvalue weighted by atomic mass is 35.5. The number of phenols is 1. The maximum Gasteiger partial charge on any atom is 0.408 e. The van der Waals surface area contributed by atoms with Crippen LogP contribution in [0.25, 0.3) is 0 Å². The van der Waals surface area contributed by atoms with Crippen LogP contribution in [-0.2, 0) is 23.9 Å². The quantitative estimate of drug-likeness (QED) is 0.139. The molecule has 0 bridgehead atoms. The normalized spacial score (nSPS) is 18.2. The van der Waals surface area contributed by atoms with E-state index in [2.05, 4.69) is 10.6 Å². The molecule has 2 aliphatic rings. The van der Waals surface area contributed by atoms with Crippen molar-refractivity contribution in [2.75, 3.05) is 11.6 Å². The third-order valence-corrected chi connectivity index (χ3v) is 8.96. The molecule has 2 aliphatic heterocycles. The Morgan fingerprint density at radius 1 is 0.979 bits per heavy atom. The van der Waals surface area contributed by atoms with Crippen LogP contribution in [-0.4, -0.2) is 62.5 Å². The lowest BCUT2D eigenvalue weighted by Crippen LogP contribution is -2.71. The summed E-state index contributed by atoms with van der Waals surface area (Å²) in [5.74, 6) is -1.35. The summed E-state index contributed by atoms with van der Waals surface area (Å²) in [6.45, 7) is 5.08. The largest absolute Gasteiger partial charge is 0.508 e. The Balaban J connectivity index is 1.39. The lowest BCUT2D eigenvalue weighted by atomic mass is 9.99. The maximum absolute atomic E-state index is 14.0. The van der Waals surface area contributed by atoms with Gasteiger partial charge in [-0.1, -0.05) is 84.9 Å². The lowest BCUT2D eigenvalue weighted by Gasteiger charge is -2.49. The van der Waals surface area contributed by atoms with Crippen LogP contribution >= 0.6 is 23.4 Å². The molecule has 3 atom stereocenters. The van der Waals surface area contributed by atoms with Crippen LogP contribution < -0.4 is 10.6 Å². The number of thioether (sulfide) groups is 1. The average Bonchev–Trinajstić information content (AvgIpc) is 3.07. The summed E-state index contributed by atoms with van der Waals surface area (Å²) in [7, 11) is 0. The number of fused-ring (bicyclic) bond motifs is 1. The smallest absolute Gasteiger partial charge is 0.408 e. The van der Waals surface area contributed by atoms with Crippen LogP contribution in [0, 0.1) is 0 Å². The number of ether oxygens (including phenoxy) is 2. The first kappa shape index (κ1) is 34.6. The second-order valence-electron chi connectivity index (χ2n) is 12.1. The van der Waals surface area contributed by atoms with Crippen molar-refractivity contribution in [2.24, 2.45) is 0 Å². The fourth-order valence-electron chi connectivity index (χ4n) is 5.32. The van der Waals surface area contributed by atoms with Gasteiger partial charge in [-0.3, -0.25) is 14.5 Å². The van der Waals surface area contributed by atoms with Crippen LogP contribution in [0.15, 0.2) is 108 Å². The summed E-state index contributed by atoms with van der Waals surface area (Å²) in [5, 5.41) is 14.5. The van der Waals surface area contributed by atoms with E-state index in [9.17, 15) is 24.3 Å². The number of alkyl carbamates (subject to hydrolysis) is 1. The highest BCUT2D eigenvalue weighted by Crippen LogP contribution is 2.42. The first-order valence-corrected chi connectivity index (χ1v) is 16.8. The molecule has 48 heavy (non-hydrogen) atoms. The van der Waals surface area contributed by atoms with Crippen LogP contribution in [0.1, 0.15) is 49.6 Å². The van der Waals surface area contributed by atoms with Crippen LogP contribution in [0.3, 0.4) is 0 Å². The zero-order valence-corrected chi connectivity index (χ0v) is 28.2. The predicted octanol–water partition coefficient (Wildman–Crippen LogP) is 5.74. The number of benzene rings is 3.